The minimum absolute atomic E-state index is 0.441. The van der Waals surface area contributed by atoms with Gasteiger partial charge in [-0.3, -0.25) is 0 Å². The lowest BCUT2D eigenvalue weighted by Crippen LogP contribution is -2.19. The molecule has 2 rings (SSSR count). The first kappa shape index (κ1) is 13.2. The Morgan fingerprint density at radius 2 is 2.06 bits per heavy atom. The fourth-order valence-electron chi connectivity index (χ4n) is 1.87. The molecule has 18 heavy (non-hydrogen) atoms. The van der Waals surface area contributed by atoms with Crippen LogP contribution in [0, 0.1) is 0 Å². The second kappa shape index (κ2) is 6.61. The molecule has 0 saturated heterocycles. The van der Waals surface area contributed by atoms with Crippen molar-refractivity contribution in [2.75, 3.05) is 6.54 Å². The molecule has 1 N–H and O–H groups in total. The lowest BCUT2D eigenvalue weighted by atomic mass is 10.1. The highest BCUT2D eigenvalue weighted by Gasteiger charge is 2.08. The Morgan fingerprint density at radius 3 is 2.61 bits per heavy atom. The van der Waals surface area contributed by atoms with Gasteiger partial charge in [0.25, 0.3) is 5.22 Å². The van der Waals surface area contributed by atoms with Crippen LogP contribution in [-0.2, 0) is 0 Å². The molecule has 96 valence electrons. The molecular weight excluding hydrogens is 244 g/mol. The number of hydrogen-bond donors (Lipinski definition) is 1. The number of nitrogens with zero attached hydrogens (tertiary/aromatic N) is 1. The maximum atomic E-state index is 5.21. The minimum atomic E-state index is 0.441. The second-order valence-corrected chi connectivity index (χ2v) is 5.01. The molecule has 0 aliphatic heterocycles. The van der Waals surface area contributed by atoms with Crippen LogP contribution in [0.2, 0.25) is 0 Å². The van der Waals surface area contributed by atoms with Crippen molar-refractivity contribution in [1.82, 2.24) is 10.3 Å². The van der Waals surface area contributed by atoms with Crippen molar-refractivity contribution in [3.8, 4) is 0 Å². The zero-order chi connectivity index (χ0) is 12.8. The van der Waals surface area contributed by atoms with Crippen molar-refractivity contribution in [1.29, 1.82) is 0 Å². The summed E-state index contributed by atoms with van der Waals surface area (Å²) in [5.41, 5.74) is 1.33. The van der Waals surface area contributed by atoms with E-state index in [2.05, 4.69) is 48.4 Å². The molecule has 0 radical (unpaired) electrons. The molecule has 0 spiro atoms. The topological polar surface area (TPSA) is 38.1 Å². The second-order valence-electron chi connectivity index (χ2n) is 3.99. The third-order valence-corrected chi connectivity index (χ3v) is 3.64. The van der Waals surface area contributed by atoms with E-state index in [1.54, 1.807) is 12.5 Å². The molecule has 1 heterocycles. The smallest absolute Gasteiger partial charge is 0.260 e. The largest absolute Gasteiger partial charge is 0.440 e. The Morgan fingerprint density at radius 1 is 1.28 bits per heavy atom. The third kappa shape index (κ3) is 3.37. The Balaban J connectivity index is 2.04. The zero-order valence-electron chi connectivity index (χ0n) is 10.7. The number of benzene rings is 1. The van der Waals surface area contributed by atoms with Crippen LogP contribution in [0.15, 0.2) is 51.3 Å². The maximum Gasteiger partial charge on any atom is 0.260 e. The van der Waals surface area contributed by atoms with Gasteiger partial charge in [-0.05, 0) is 42.4 Å². The molecule has 2 aromatic rings. The van der Waals surface area contributed by atoms with Crippen LogP contribution in [-0.4, -0.2) is 11.5 Å². The summed E-state index contributed by atoms with van der Waals surface area (Å²) >= 11 is 1.54. The molecule has 0 bridgehead atoms. The van der Waals surface area contributed by atoms with E-state index in [9.17, 15) is 0 Å². The summed E-state index contributed by atoms with van der Waals surface area (Å²) in [6.45, 7) is 5.32. The van der Waals surface area contributed by atoms with Crippen LogP contribution in [0.5, 0.6) is 0 Å². The SMILES string of the molecule is CCNC(CC)c1ccc(Sc2ncco2)cc1. The van der Waals surface area contributed by atoms with Gasteiger partial charge < -0.3 is 9.73 Å². The van der Waals surface area contributed by atoms with Crippen LogP contribution in [0.1, 0.15) is 31.9 Å². The predicted molar refractivity (Wildman–Crippen MR) is 73.8 cm³/mol. The molecule has 1 aromatic heterocycles. The first-order valence-electron chi connectivity index (χ1n) is 6.24. The summed E-state index contributed by atoms with van der Waals surface area (Å²) in [4.78, 5) is 5.24. The molecule has 4 heteroatoms. The standard InChI is InChI=1S/C14H18N2OS/c1-3-13(15-4-2)11-5-7-12(8-6-11)18-14-16-9-10-17-14/h5-10,13,15H,3-4H2,1-2H3. The molecule has 0 saturated carbocycles. The minimum Gasteiger partial charge on any atom is -0.440 e. The number of oxazole rings is 1. The quantitative estimate of drug-likeness (QED) is 0.857. The average Bonchev–Trinajstić information content (AvgIpc) is 2.90. The Hall–Kier alpha value is -1.26. The van der Waals surface area contributed by atoms with E-state index >= 15 is 0 Å². The predicted octanol–water partition coefficient (Wildman–Crippen LogP) is 3.89. The van der Waals surface area contributed by atoms with Crippen LogP contribution >= 0.6 is 11.8 Å². The highest BCUT2D eigenvalue weighted by molar-refractivity contribution is 7.99. The molecule has 0 aliphatic rings. The molecular formula is C14H18N2OS. The van der Waals surface area contributed by atoms with E-state index < -0.39 is 0 Å². The van der Waals surface area contributed by atoms with Crippen molar-refractivity contribution in [2.24, 2.45) is 0 Å². The number of hydrogen-bond acceptors (Lipinski definition) is 4. The summed E-state index contributed by atoms with van der Waals surface area (Å²) in [7, 11) is 0. The van der Waals surface area contributed by atoms with Gasteiger partial charge in [0.2, 0.25) is 0 Å². The van der Waals surface area contributed by atoms with Crippen LogP contribution in [0.4, 0.5) is 0 Å². The van der Waals surface area contributed by atoms with Gasteiger partial charge in [-0.2, -0.15) is 0 Å². The number of rotatable bonds is 6. The van der Waals surface area contributed by atoms with E-state index in [1.165, 1.54) is 17.3 Å². The normalized spacial score (nSPS) is 12.6. The van der Waals surface area contributed by atoms with Crippen LogP contribution in [0.3, 0.4) is 0 Å². The van der Waals surface area contributed by atoms with E-state index in [4.69, 9.17) is 4.42 Å². The van der Waals surface area contributed by atoms with Gasteiger partial charge in [0.1, 0.15) is 6.26 Å². The zero-order valence-corrected chi connectivity index (χ0v) is 11.5. The molecule has 1 aromatic carbocycles. The first-order valence-corrected chi connectivity index (χ1v) is 7.05. The van der Waals surface area contributed by atoms with Gasteiger partial charge in [0, 0.05) is 10.9 Å². The summed E-state index contributed by atoms with van der Waals surface area (Å²) < 4.78 is 5.21. The van der Waals surface area contributed by atoms with Crippen molar-refractivity contribution < 1.29 is 4.42 Å². The lowest BCUT2D eigenvalue weighted by Gasteiger charge is -2.16. The monoisotopic (exact) mass is 262 g/mol. The lowest BCUT2D eigenvalue weighted by molar-refractivity contribution is 0.454. The van der Waals surface area contributed by atoms with Gasteiger partial charge in [-0.1, -0.05) is 26.0 Å². The average molecular weight is 262 g/mol. The van der Waals surface area contributed by atoms with E-state index in [1.807, 2.05) is 0 Å². The Labute approximate surface area is 112 Å². The third-order valence-electron chi connectivity index (χ3n) is 2.76. The fraction of sp³-hybridized carbons (Fsp3) is 0.357. The molecule has 0 fully saturated rings. The number of aromatic nitrogens is 1. The molecule has 3 nitrogen and oxygen atoms in total. The van der Waals surface area contributed by atoms with Gasteiger partial charge in [0.15, 0.2) is 0 Å². The summed E-state index contributed by atoms with van der Waals surface area (Å²) in [6.07, 6.45) is 4.35. The highest BCUT2D eigenvalue weighted by Crippen LogP contribution is 2.27. The van der Waals surface area contributed by atoms with E-state index in [0.29, 0.717) is 11.3 Å². The highest BCUT2D eigenvalue weighted by atomic mass is 32.2. The Kier molecular flexibility index (Phi) is 4.84. The van der Waals surface area contributed by atoms with Crippen LogP contribution < -0.4 is 5.32 Å². The summed E-state index contributed by atoms with van der Waals surface area (Å²) in [6, 6.07) is 9.01. The molecule has 0 amide bonds. The van der Waals surface area contributed by atoms with Crippen molar-refractivity contribution >= 4 is 11.8 Å². The summed E-state index contributed by atoms with van der Waals surface area (Å²) in [5, 5.41) is 4.16. The van der Waals surface area contributed by atoms with Crippen molar-refractivity contribution in [3.63, 3.8) is 0 Å². The molecule has 1 atom stereocenters. The molecule has 1 unspecified atom stereocenters. The van der Waals surface area contributed by atoms with Crippen molar-refractivity contribution in [2.45, 2.75) is 36.4 Å². The number of nitrogens with one attached hydrogen (secondary N) is 1. The summed E-state index contributed by atoms with van der Waals surface area (Å²) in [5.74, 6) is 0. The molecule has 0 aliphatic carbocycles. The van der Waals surface area contributed by atoms with Crippen LogP contribution in [0.25, 0.3) is 0 Å². The fourth-order valence-corrected chi connectivity index (χ4v) is 2.57. The van der Waals surface area contributed by atoms with E-state index in [0.717, 1.165) is 17.9 Å². The van der Waals surface area contributed by atoms with Gasteiger partial charge >= 0.3 is 0 Å². The van der Waals surface area contributed by atoms with Crippen molar-refractivity contribution in [3.05, 3.63) is 42.3 Å². The first-order chi connectivity index (χ1) is 8.83. The van der Waals surface area contributed by atoms with Gasteiger partial charge in [-0.25, -0.2) is 4.98 Å². The van der Waals surface area contributed by atoms with Gasteiger partial charge in [-0.15, -0.1) is 0 Å². The van der Waals surface area contributed by atoms with E-state index in [-0.39, 0.29) is 0 Å². The van der Waals surface area contributed by atoms with Gasteiger partial charge in [0.05, 0.1) is 6.20 Å². The Bertz CT molecular complexity index is 453. The maximum absolute atomic E-state index is 5.21.